The summed E-state index contributed by atoms with van der Waals surface area (Å²) in [7, 11) is 2.65. The van der Waals surface area contributed by atoms with Gasteiger partial charge in [0.2, 0.25) is 0 Å². The van der Waals surface area contributed by atoms with E-state index in [-0.39, 0.29) is 29.3 Å². The highest BCUT2D eigenvalue weighted by Crippen LogP contribution is 2.32. The van der Waals surface area contributed by atoms with Crippen molar-refractivity contribution in [3.63, 3.8) is 0 Å². The molecule has 5 nitrogen and oxygen atoms in total. The average Bonchev–Trinajstić information content (AvgIpc) is 2.74. The maximum atomic E-state index is 12.4. The zero-order chi connectivity index (χ0) is 14.0. The molecule has 2 rings (SSSR count). The van der Waals surface area contributed by atoms with Gasteiger partial charge in [0.15, 0.2) is 0 Å². The molecular weight excluding hydrogens is 253 g/mol. The molecule has 0 saturated heterocycles. The van der Waals surface area contributed by atoms with Crippen molar-refractivity contribution in [3.05, 3.63) is 28.8 Å². The quantitative estimate of drug-likeness (QED) is 0.774. The highest BCUT2D eigenvalue weighted by Gasteiger charge is 2.34. The fourth-order valence-corrected chi connectivity index (χ4v) is 2.20. The van der Waals surface area contributed by atoms with Crippen LogP contribution in [0.25, 0.3) is 0 Å². The van der Waals surface area contributed by atoms with E-state index in [4.69, 9.17) is 4.74 Å². The lowest BCUT2D eigenvalue weighted by Crippen LogP contribution is -2.26. The summed E-state index contributed by atoms with van der Waals surface area (Å²) in [6.45, 7) is -0.313. The Kier molecular flexibility index (Phi) is 3.69. The van der Waals surface area contributed by atoms with E-state index < -0.39 is 12.6 Å². The smallest absolute Gasteiger partial charge is 0.342 e. The van der Waals surface area contributed by atoms with Gasteiger partial charge in [0, 0.05) is 13.1 Å². The molecule has 0 radical (unpaired) electrons. The van der Waals surface area contributed by atoms with Gasteiger partial charge in [0.25, 0.3) is 5.91 Å². The summed E-state index contributed by atoms with van der Waals surface area (Å²) in [4.78, 5) is 25.4. The normalized spacial score (nSPS) is 13.4. The van der Waals surface area contributed by atoms with Gasteiger partial charge < -0.3 is 14.4 Å². The molecule has 1 aliphatic heterocycles. The van der Waals surface area contributed by atoms with E-state index in [9.17, 15) is 14.0 Å². The number of nitrogens with zero attached hydrogens (tertiary/aromatic N) is 1. The first kappa shape index (κ1) is 13.3. The first-order valence-electron chi connectivity index (χ1n) is 5.77. The van der Waals surface area contributed by atoms with Crippen molar-refractivity contribution < 1.29 is 23.5 Å². The molecule has 0 fully saturated rings. The van der Waals surface area contributed by atoms with Crippen LogP contribution in [0.4, 0.5) is 4.39 Å². The van der Waals surface area contributed by atoms with Crippen LogP contribution >= 0.6 is 0 Å². The number of carbonyl (C=O) groups excluding carboxylic acids is 2. The SMILES string of the molecule is COC(=O)c1c(OC)ccc2c1C(=O)N(CCF)C2. The molecule has 1 amide bonds. The van der Waals surface area contributed by atoms with Gasteiger partial charge in [0.05, 0.1) is 19.8 Å². The Hall–Kier alpha value is -2.11. The van der Waals surface area contributed by atoms with Gasteiger partial charge in [-0.25, -0.2) is 9.18 Å². The number of hydrogen-bond acceptors (Lipinski definition) is 4. The van der Waals surface area contributed by atoms with Crippen LogP contribution in [0.3, 0.4) is 0 Å². The van der Waals surface area contributed by atoms with Gasteiger partial charge in [-0.3, -0.25) is 4.79 Å². The molecular formula is C13H14FNO4. The molecule has 19 heavy (non-hydrogen) atoms. The number of methoxy groups -OCH3 is 2. The van der Waals surface area contributed by atoms with E-state index in [2.05, 4.69) is 4.74 Å². The number of halogens is 1. The van der Waals surface area contributed by atoms with Crippen molar-refractivity contribution in [1.82, 2.24) is 4.90 Å². The molecule has 0 spiro atoms. The molecule has 0 atom stereocenters. The average molecular weight is 267 g/mol. The second-order valence-corrected chi connectivity index (χ2v) is 4.08. The van der Waals surface area contributed by atoms with Gasteiger partial charge in [-0.1, -0.05) is 6.07 Å². The third kappa shape index (κ3) is 2.14. The van der Waals surface area contributed by atoms with E-state index in [1.807, 2.05) is 0 Å². The van der Waals surface area contributed by atoms with Crippen LogP contribution in [-0.2, 0) is 11.3 Å². The summed E-state index contributed by atoms with van der Waals surface area (Å²) in [5.74, 6) is -0.725. The number of ether oxygens (including phenoxy) is 2. The molecule has 0 aliphatic carbocycles. The number of carbonyl (C=O) groups is 2. The Bertz CT molecular complexity index is 530. The number of rotatable bonds is 4. The summed E-state index contributed by atoms with van der Waals surface area (Å²) in [5, 5.41) is 0. The van der Waals surface area contributed by atoms with Gasteiger partial charge >= 0.3 is 5.97 Å². The highest BCUT2D eigenvalue weighted by molar-refractivity contribution is 6.09. The Morgan fingerprint density at radius 2 is 2.16 bits per heavy atom. The van der Waals surface area contributed by atoms with Gasteiger partial charge in [-0.15, -0.1) is 0 Å². The second-order valence-electron chi connectivity index (χ2n) is 4.08. The zero-order valence-corrected chi connectivity index (χ0v) is 10.7. The third-order valence-corrected chi connectivity index (χ3v) is 3.08. The Morgan fingerprint density at radius 1 is 1.42 bits per heavy atom. The predicted molar refractivity (Wildman–Crippen MR) is 65.0 cm³/mol. The molecule has 6 heteroatoms. The molecule has 102 valence electrons. The van der Waals surface area contributed by atoms with Crippen LogP contribution in [0.2, 0.25) is 0 Å². The van der Waals surface area contributed by atoms with Crippen LogP contribution in [0.1, 0.15) is 26.3 Å². The fourth-order valence-electron chi connectivity index (χ4n) is 2.20. The van der Waals surface area contributed by atoms with E-state index in [0.29, 0.717) is 12.1 Å². The van der Waals surface area contributed by atoms with E-state index in [1.54, 1.807) is 12.1 Å². The molecule has 1 heterocycles. The lowest BCUT2D eigenvalue weighted by Gasteiger charge is -2.13. The largest absolute Gasteiger partial charge is 0.496 e. The van der Waals surface area contributed by atoms with Crippen molar-refractivity contribution in [3.8, 4) is 5.75 Å². The van der Waals surface area contributed by atoms with Crippen LogP contribution < -0.4 is 4.74 Å². The summed E-state index contributed by atoms with van der Waals surface area (Å²) >= 11 is 0. The van der Waals surface area contributed by atoms with Crippen LogP contribution in [0.15, 0.2) is 12.1 Å². The van der Waals surface area contributed by atoms with Gasteiger partial charge in [0.1, 0.15) is 18.0 Å². The van der Waals surface area contributed by atoms with Crippen molar-refractivity contribution in [2.75, 3.05) is 27.4 Å². The maximum absolute atomic E-state index is 12.4. The van der Waals surface area contributed by atoms with Crippen LogP contribution in [0.5, 0.6) is 5.75 Å². The Labute approximate surface area is 109 Å². The molecule has 1 aromatic carbocycles. The Balaban J connectivity index is 2.53. The molecule has 0 aromatic heterocycles. The van der Waals surface area contributed by atoms with Crippen LogP contribution in [-0.4, -0.2) is 44.2 Å². The summed E-state index contributed by atoms with van der Waals surface area (Å²) in [5.41, 5.74) is 1.04. The minimum Gasteiger partial charge on any atom is -0.496 e. The van der Waals surface area contributed by atoms with Gasteiger partial charge in [-0.05, 0) is 11.6 Å². The molecule has 0 bridgehead atoms. The van der Waals surface area contributed by atoms with E-state index in [1.165, 1.54) is 19.1 Å². The highest BCUT2D eigenvalue weighted by atomic mass is 19.1. The first-order chi connectivity index (χ1) is 9.13. The molecule has 1 aliphatic rings. The number of hydrogen-bond donors (Lipinski definition) is 0. The number of alkyl halides is 1. The van der Waals surface area contributed by atoms with E-state index >= 15 is 0 Å². The Morgan fingerprint density at radius 3 is 2.74 bits per heavy atom. The fraction of sp³-hybridized carbons (Fsp3) is 0.385. The minimum absolute atomic E-state index is 0.0104. The zero-order valence-electron chi connectivity index (χ0n) is 10.7. The summed E-state index contributed by atoms with van der Waals surface area (Å²) in [6.07, 6.45) is 0. The first-order valence-corrected chi connectivity index (χ1v) is 5.77. The third-order valence-electron chi connectivity index (χ3n) is 3.08. The topological polar surface area (TPSA) is 55.8 Å². The minimum atomic E-state index is -0.635. The van der Waals surface area contributed by atoms with E-state index in [0.717, 1.165) is 0 Å². The molecule has 0 unspecified atom stereocenters. The summed E-state index contributed by atoms with van der Waals surface area (Å²) < 4.78 is 22.2. The second kappa shape index (κ2) is 5.26. The number of fused-ring (bicyclic) bond motifs is 1. The lowest BCUT2D eigenvalue weighted by atomic mass is 10.0. The molecule has 0 saturated carbocycles. The number of benzene rings is 1. The lowest BCUT2D eigenvalue weighted by molar-refractivity contribution is 0.0589. The number of esters is 1. The van der Waals surface area contributed by atoms with Crippen LogP contribution in [0, 0.1) is 0 Å². The van der Waals surface area contributed by atoms with Gasteiger partial charge in [-0.2, -0.15) is 0 Å². The molecule has 0 N–H and O–H groups in total. The summed E-state index contributed by atoms with van der Waals surface area (Å²) in [6, 6.07) is 3.31. The number of amides is 1. The van der Waals surface area contributed by atoms with Crippen molar-refractivity contribution >= 4 is 11.9 Å². The van der Waals surface area contributed by atoms with Crippen molar-refractivity contribution in [2.45, 2.75) is 6.54 Å². The monoisotopic (exact) mass is 267 g/mol. The van der Waals surface area contributed by atoms with Crippen molar-refractivity contribution in [2.24, 2.45) is 0 Å². The standard InChI is InChI=1S/C13H14FNO4/c1-18-9-4-3-8-7-15(6-5-14)12(16)10(8)11(9)13(17)19-2/h3-4H,5-7H2,1-2H3. The molecule has 1 aromatic rings. The van der Waals surface area contributed by atoms with Crippen molar-refractivity contribution in [1.29, 1.82) is 0 Å². The maximum Gasteiger partial charge on any atom is 0.342 e. The predicted octanol–water partition coefficient (Wildman–Crippen LogP) is 1.41.